The van der Waals surface area contributed by atoms with Crippen molar-refractivity contribution in [3.05, 3.63) is 41.9 Å². The summed E-state index contributed by atoms with van der Waals surface area (Å²) >= 11 is 0. The van der Waals surface area contributed by atoms with Gasteiger partial charge in [0.1, 0.15) is 5.82 Å². The van der Waals surface area contributed by atoms with E-state index in [1.807, 2.05) is 4.57 Å². The summed E-state index contributed by atoms with van der Waals surface area (Å²) in [6.45, 7) is 2.34. The standard InChI is InChI=1S/C12H11F2N3/c13-9-3-1-2-8(12(9)14)10-7-17-5-4-15-6-11(17)16-10/h1-3,7,15H,4-6H2. The largest absolute Gasteiger partial charge is 0.332 e. The molecule has 0 spiro atoms. The van der Waals surface area contributed by atoms with Gasteiger partial charge < -0.3 is 9.88 Å². The van der Waals surface area contributed by atoms with Crippen LogP contribution >= 0.6 is 0 Å². The van der Waals surface area contributed by atoms with Crippen molar-refractivity contribution in [2.24, 2.45) is 0 Å². The van der Waals surface area contributed by atoms with Gasteiger partial charge in [0, 0.05) is 24.8 Å². The Kier molecular flexibility index (Phi) is 2.40. The predicted octanol–water partition coefficient (Wildman–Crippen LogP) is 1.93. The highest BCUT2D eigenvalue weighted by Crippen LogP contribution is 2.24. The van der Waals surface area contributed by atoms with Crippen molar-refractivity contribution in [1.29, 1.82) is 0 Å². The molecule has 3 nitrogen and oxygen atoms in total. The SMILES string of the molecule is Fc1cccc(-c2cn3c(n2)CNCC3)c1F. The molecule has 1 aromatic heterocycles. The molecule has 0 fully saturated rings. The van der Waals surface area contributed by atoms with Gasteiger partial charge in [-0.1, -0.05) is 6.07 Å². The molecule has 0 saturated heterocycles. The maximum absolute atomic E-state index is 13.6. The third kappa shape index (κ3) is 1.72. The van der Waals surface area contributed by atoms with Crippen LogP contribution in [0.2, 0.25) is 0 Å². The number of hydrogen-bond donors (Lipinski definition) is 1. The first-order valence-corrected chi connectivity index (χ1v) is 5.47. The number of hydrogen-bond acceptors (Lipinski definition) is 2. The number of rotatable bonds is 1. The summed E-state index contributed by atoms with van der Waals surface area (Å²) in [4.78, 5) is 4.32. The van der Waals surface area contributed by atoms with Gasteiger partial charge in [-0.05, 0) is 12.1 Å². The highest BCUT2D eigenvalue weighted by molar-refractivity contribution is 5.59. The zero-order chi connectivity index (χ0) is 11.8. The Labute approximate surface area is 97.1 Å². The van der Waals surface area contributed by atoms with Crippen LogP contribution in [0.25, 0.3) is 11.3 Å². The second-order valence-electron chi connectivity index (χ2n) is 4.01. The van der Waals surface area contributed by atoms with Gasteiger partial charge in [-0.2, -0.15) is 0 Å². The van der Waals surface area contributed by atoms with Gasteiger partial charge in [-0.15, -0.1) is 0 Å². The van der Waals surface area contributed by atoms with E-state index >= 15 is 0 Å². The summed E-state index contributed by atoms with van der Waals surface area (Å²) in [5, 5.41) is 3.18. The Balaban J connectivity index is 2.09. The molecule has 1 N–H and O–H groups in total. The molecule has 1 aliphatic rings. The Morgan fingerprint density at radius 1 is 1.29 bits per heavy atom. The van der Waals surface area contributed by atoms with E-state index in [-0.39, 0.29) is 5.56 Å². The van der Waals surface area contributed by atoms with Gasteiger partial charge in [-0.25, -0.2) is 13.8 Å². The van der Waals surface area contributed by atoms with Gasteiger partial charge >= 0.3 is 0 Å². The van der Waals surface area contributed by atoms with Crippen molar-refractivity contribution < 1.29 is 8.78 Å². The number of halogens is 2. The second-order valence-corrected chi connectivity index (χ2v) is 4.01. The number of fused-ring (bicyclic) bond motifs is 1. The number of nitrogens with one attached hydrogen (secondary N) is 1. The van der Waals surface area contributed by atoms with E-state index in [1.54, 1.807) is 12.3 Å². The van der Waals surface area contributed by atoms with Crippen molar-refractivity contribution >= 4 is 0 Å². The van der Waals surface area contributed by atoms with Gasteiger partial charge in [0.05, 0.1) is 12.2 Å². The fraction of sp³-hybridized carbons (Fsp3) is 0.250. The molecule has 0 radical (unpaired) electrons. The molecule has 0 bridgehead atoms. The molecule has 1 aliphatic heterocycles. The van der Waals surface area contributed by atoms with Gasteiger partial charge in [-0.3, -0.25) is 0 Å². The fourth-order valence-corrected chi connectivity index (χ4v) is 2.02. The molecule has 2 heterocycles. The molecular formula is C12H11F2N3. The van der Waals surface area contributed by atoms with E-state index in [0.717, 1.165) is 25.0 Å². The van der Waals surface area contributed by atoms with Crippen LogP contribution in [0.3, 0.4) is 0 Å². The number of nitrogens with zero attached hydrogens (tertiary/aromatic N) is 2. The average Bonchev–Trinajstić information content (AvgIpc) is 2.76. The molecular weight excluding hydrogens is 224 g/mol. The summed E-state index contributed by atoms with van der Waals surface area (Å²) in [6, 6.07) is 4.14. The van der Waals surface area contributed by atoms with Crippen LogP contribution in [0.1, 0.15) is 5.82 Å². The summed E-state index contributed by atoms with van der Waals surface area (Å²) in [7, 11) is 0. The molecule has 5 heteroatoms. The molecule has 0 amide bonds. The van der Waals surface area contributed by atoms with Gasteiger partial charge in [0.2, 0.25) is 0 Å². The number of imidazole rings is 1. The second kappa shape index (κ2) is 3.92. The normalized spacial score (nSPS) is 14.7. The molecule has 1 aromatic carbocycles. The van der Waals surface area contributed by atoms with Crippen LogP contribution in [0.4, 0.5) is 8.78 Å². The molecule has 0 aliphatic carbocycles. The monoisotopic (exact) mass is 235 g/mol. The first-order valence-electron chi connectivity index (χ1n) is 5.47. The summed E-state index contributed by atoms with van der Waals surface area (Å²) in [5.41, 5.74) is 0.701. The molecule has 2 aromatic rings. The third-order valence-electron chi connectivity index (χ3n) is 2.90. The van der Waals surface area contributed by atoms with E-state index < -0.39 is 11.6 Å². The van der Waals surface area contributed by atoms with E-state index in [0.29, 0.717) is 12.2 Å². The zero-order valence-electron chi connectivity index (χ0n) is 9.08. The maximum Gasteiger partial charge on any atom is 0.168 e. The van der Waals surface area contributed by atoms with Crippen LogP contribution in [0.15, 0.2) is 24.4 Å². The van der Waals surface area contributed by atoms with Crippen molar-refractivity contribution in [3.8, 4) is 11.3 Å². The van der Waals surface area contributed by atoms with Crippen molar-refractivity contribution in [1.82, 2.24) is 14.9 Å². The summed E-state index contributed by atoms with van der Waals surface area (Å²) in [6.07, 6.45) is 1.77. The van der Waals surface area contributed by atoms with Gasteiger partial charge in [0.25, 0.3) is 0 Å². The van der Waals surface area contributed by atoms with E-state index in [9.17, 15) is 8.78 Å². The predicted molar refractivity (Wildman–Crippen MR) is 59.3 cm³/mol. The van der Waals surface area contributed by atoms with Crippen molar-refractivity contribution in [3.63, 3.8) is 0 Å². The van der Waals surface area contributed by atoms with E-state index in [4.69, 9.17) is 0 Å². The molecule has 3 rings (SSSR count). The van der Waals surface area contributed by atoms with E-state index in [2.05, 4.69) is 10.3 Å². The Morgan fingerprint density at radius 2 is 2.18 bits per heavy atom. The lowest BCUT2D eigenvalue weighted by Gasteiger charge is -2.13. The van der Waals surface area contributed by atoms with Crippen LogP contribution in [0.5, 0.6) is 0 Å². The molecule has 17 heavy (non-hydrogen) atoms. The highest BCUT2D eigenvalue weighted by Gasteiger charge is 2.16. The van der Waals surface area contributed by atoms with Crippen LogP contribution in [-0.2, 0) is 13.1 Å². The number of aromatic nitrogens is 2. The summed E-state index contributed by atoms with van der Waals surface area (Å²) in [5.74, 6) is -0.822. The quantitative estimate of drug-likeness (QED) is 0.818. The average molecular weight is 235 g/mol. The molecule has 0 saturated carbocycles. The minimum absolute atomic E-state index is 0.215. The zero-order valence-corrected chi connectivity index (χ0v) is 9.08. The maximum atomic E-state index is 13.6. The molecule has 0 unspecified atom stereocenters. The Bertz CT molecular complexity index is 539. The van der Waals surface area contributed by atoms with E-state index in [1.165, 1.54) is 6.07 Å². The first kappa shape index (κ1) is 10.4. The fourth-order valence-electron chi connectivity index (χ4n) is 2.02. The molecule has 88 valence electrons. The number of benzene rings is 1. The minimum Gasteiger partial charge on any atom is -0.332 e. The smallest absolute Gasteiger partial charge is 0.168 e. The lowest BCUT2D eigenvalue weighted by molar-refractivity contribution is 0.505. The van der Waals surface area contributed by atoms with Crippen molar-refractivity contribution in [2.75, 3.05) is 6.54 Å². The Hall–Kier alpha value is -1.75. The highest BCUT2D eigenvalue weighted by atomic mass is 19.2. The summed E-state index contributed by atoms with van der Waals surface area (Å²) < 4.78 is 28.7. The van der Waals surface area contributed by atoms with Crippen LogP contribution in [-0.4, -0.2) is 16.1 Å². The first-order chi connectivity index (χ1) is 8.25. The topological polar surface area (TPSA) is 29.9 Å². The lowest BCUT2D eigenvalue weighted by atomic mass is 10.1. The van der Waals surface area contributed by atoms with Gasteiger partial charge in [0.15, 0.2) is 11.6 Å². The third-order valence-corrected chi connectivity index (χ3v) is 2.90. The van der Waals surface area contributed by atoms with Crippen LogP contribution in [0, 0.1) is 11.6 Å². The van der Waals surface area contributed by atoms with Crippen LogP contribution < -0.4 is 5.32 Å². The van der Waals surface area contributed by atoms with Crippen molar-refractivity contribution in [2.45, 2.75) is 13.1 Å². The lowest BCUT2D eigenvalue weighted by Crippen LogP contribution is -2.27. The molecule has 0 atom stereocenters. The Morgan fingerprint density at radius 3 is 3.00 bits per heavy atom. The minimum atomic E-state index is -0.841.